The van der Waals surface area contributed by atoms with E-state index in [0.717, 1.165) is 18.2 Å². The summed E-state index contributed by atoms with van der Waals surface area (Å²) in [7, 11) is 1.56. The molecule has 1 aliphatic rings. The molecular weight excluding hydrogens is 302 g/mol. The fourth-order valence-electron chi connectivity index (χ4n) is 2.30. The third-order valence-corrected chi connectivity index (χ3v) is 4.27. The van der Waals surface area contributed by atoms with Crippen LogP contribution in [0.3, 0.4) is 0 Å². The summed E-state index contributed by atoms with van der Waals surface area (Å²) in [5, 5.41) is 14.9. The average molecular weight is 319 g/mol. The van der Waals surface area contributed by atoms with Gasteiger partial charge in [0.05, 0.1) is 12.8 Å². The lowest BCUT2D eigenvalue weighted by molar-refractivity contribution is 0.262. The van der Waals surface area contributed by atoms with Crippen LogP contribution in [0.5, 0.6) is 5.75 Å². The summed E-state index contributed by atoms with van der Waals surface area (Å²) in [6, 6.07) is 6.86. The molecule has 0 saturated carbocycles. The van der Waals surface area contributed by atoms with Crippen LogP contribution in [0.1, 0.15) is 12.8 Å². The highest BCUT2D eigenvalue weighted by molar-refractivity contribution is 7.19. The minimum Gasteiger partial charge on any atom is -0.495 e. The number of urea groups is 1. The highest BCUT2D eigenvalue weighted by Crippen LogP contribution is 2.27. The van der Waals surface area contributed by atoms with Crippen LogP contribution in [0.2, 0.25) is 0 Å². The number of para-hydroxylation sites is 2. The first-order valence-electron chi connectivity index (χ1n) is 7.06. The second-order valence-electron chi connectivity index (χ2n) is 4.86. The summed E-state index contributed by atoms with van der Waals surface area (Å²) in [5.74, 6) is 0.604. The molecule has 116 valence electrons. The fraction of sp³-hybridized carbons (Fsp3) is 0.357. The van der Waals surface area contributed by atoms with Crippen molar-refractivity contribution in [1.82, 2.24) is 10.2 Å². The molecule has 22 heavy (non-hydrogen) atoms. The van der Waals surface area contributed by atoms with E-state index in [1.165, 1.54) is 24.2 Å². The van der Waals surface area contributed by atoms with E-state index in [0.29, 0.717) is 16.6 Å². The van der Waals surface area contributed by atoms with Gasteiger partial charge in [-0.2, -0.15) is 0 Å². The minimum atomic E-state index is -0.367. The molecular formula is C14H17N5O2S. The van der Waals surface area contributed by atoms with Crippen molar-refractivity contribution < 1.29 is 9.53 Å². The first-order chi connectivity index (χ1) is 10.8. The summed E-state index contributed by atoms with van der Waals surface area (Å²) in [4.78, 5) is 14.2. The predicted molar refractivity (Wildman–Crippen MR) is 87.0 cm³/mol. The molecule has 0 atom stereocenters. The SMILES string of the molecule is COc1ccccc1NC(=O)Nc1nnc(N2CCCC2)s1. The molecule has 2 aromatic rings. The van der Waals surface area contributed by atoms with E-state index >= 15 is 0 Å². The van der Waals surface area contributed by atoms with E-state index in [1.54, 1.807) is 19.2 Å². The Morgan fingerprint density at radius 1 is 1.23 bits per heavy atom. The van der Waals surface area contributed by atoms with Crippen LogP contribution in [-0.4, -0.2) is 36.4 Å². The fourth-order valence-corrected chi connectivity index (χ4v) is 3.09. The Hall–Kier alpha value is -2.35. The van der Waals surface area contributed by atoms with Crippen LogP contribution in [0.25, 0.3) is 0 Å². The smallest absolute Gasteiger partial charge is 0.325 e. The summed E-state index contributed by atoms with van der Waals surface area (Å²) >= 11 is 1.38. The molecule has 0 spiro atoms. The number of ether oxygens (including phenoxy) is 1. The van der Waals surface area contributed by atoms with Gasteiger partial charge in [-0.15, -0.1) is 10.2 Å². The summed E-state index contributed by atoms with van der Waals surface area (Å²) in [5.41, 5.74) is 0.604. The highest BCUT2D eigenvalue weighted by atomic mass is 32.1. The van der Waals surface area contributed by atoms with Crippen molar-refractivity contribution in [2.75, 3.05) is 35.7 Å². The van der Waals surface area contributed by atoms with Gasteiger partial charge in [0.2, 0.25) is 10.3 Å². The number of anilines is 3. The number of aromatic nitrogens is 2. The molecule has 1 saturated heterocycles. The van der Waals surface area contributed by atoms with Crippen LogP contribution in [-0.2, 0) is 0 Å². The predicted octanol–water partition coefficient (Wildman–Crippen LogP) is 2.79. The quantitative estimate of drug-likeness (QED) is 0.906. The molecule has 1 fully saturated rings. The molecule has 7 nitrogen and oxygen atoms in total. The largest absolute Gasteiger partial charge is 0.495 e. The minimum absolute atomic E-state index is 0.367. The van der Waals surface area contributed by atoms with Crippen molar-refractivity contribution in [3.05, 3.63) is 24.3 Å². The van der Waals surface area contributed by atoms with Gasteiger partial charge in [0.25, 0.3) is 0 Å². The maximum atomic E-state index is 12.0. The maximum Gasteiger partial charge on any atom is 0.325 e. The molecule has 1 aromatic carbocycles. The molecule has 2 heterocycles. The number of amides is 2. The molecule has 1 aliphatic heterocycles. The Morgan fingerprint density at radius 2 is 2.00 bits per heavy atom. The van der Waals surface area contributed by atoms with Gasteiger partial charge < -0.3 is 15.0 Å². The molecule has 0 bridgehead atoms. The van der Waals surface area contributed by atoms with E-state index in [-0.39, 0.29) is 6.03 Å². The summed E-state index contributed by atoms with van der Waals surface area (Å²) < 4.78 is 5.19. The number of benzene rings is 1. The first kappa shape index (κ1) is 14.6. The number of methoxy groups -OCH3 is 1. The highest BCUT2D eigenvalue weighted by Gasteiger charge is 2.17. The van der Waals surface area contributed by atoms with Crippen molar-refractivity contribution in [3.63, 3.8) is 0 Å². The summed E-state index contributed by atoms with van der Waals surface area (Å²) in [6.45, 7) is 2.00. The third-order valence-electron chi connectivity index (χ3n) is 3.37. The molecule has 0 radical (unpaired) electrons. The van der Waals surface area contributed by atoms with Gasteiger partial charge in [-0.3, -0.25) is 5.32 Å². The van der Waals surface area contributed by atoms with Crippen LogP contribution < -0.4 is 20.3 Å². The molecule has 8 heteroatoms. The zero-order valence-electron chi connectivity index (χ0n) is 12.2. The Morgan fingerprint density at radius 3 is 2.77 bits per heavy atom. The Labute approximate surface area is 132 Å². The van der Waals surface area contributed by atoms with E-state index in [2.05, 4.69) is 25.7 Å². The normalized spacial score (nSPS) is 14.0. The van der Waals surface area contributed by atoms with Gasteiger partial charge in [-0.25, -0.2) is 4.79 Å². The van der Waals surface area contributed by atoms with Crippen molar-refractivity contribution in [2.24, 2.45) is 0 Å². The second-order valence-corrected chi connectivity index (χ2v) is 5.82. The van der Waals surface area contributed by atoms with E-state index in [4.69, 9.17) is 4.74 Å². The lowest BCUT2D eigenvalue weighted by Gasteiger charge is -2.11. The summed E-state index contributed by atoms with van der Waals surface area (Å²) in [6.07, 6.45) is 2.35. The van der Waals surface area contributed by atoms with E-state index in [9.17, 15) is 4.79 Å². The second kappa shape index (κ2) is 6.61. The number of hydrogen-bond donors (Lipinski definition) is 2. The molecule has 3 rings (SSSR count). The first-order valence-corrected chi connectivity index (χ1v) is 7.87. The van der Waals surface area contributed by atoms with E-state index in [1.807, 2.05) is 12.1 Å². The average Bonchev–Trinajstić information content (AvgIpc) is 3.18. The van der Waals surface area contributed by atoms with Crippen molar-refractivity contribution in [3.8, 4) is 5.75 Å². The van der Waals surface area contributed by atoms with Gasteiger partial charge in [0.15, 0.2) is 0 Å². The van der Waals surface area contributed by atoms with Crippen LogP contribution >= 0.6 is 11.3 Å². The van der Waals surface area contributed by atoms with Gasteiger partial charge in [0.1, 0.15) is 5.75 Å². The zero-order valence-corrected chi connectivity index (χ0v) is 13.0. The molecule has 0 unspecified atom stereocenters. The standard InChI is InChI=1S/C14H17N5O2S/c1-21-11-7-3-2-6-10(11)15-12(20)16-13-17-18-14(22-13)19-8-4-5-9-19/h2-3,6-7H,4-5,8-9H2,1H3,(H2,15,16,17,20). The van der Waals surface area contributed by atoms with Crippen molar-refractivity contribution >= 4 is 33.3 Å². The number of hydrogen-bond acceptors (Lipinski definition) is 6. The monoisotopic (exact) mass is 319 g/mol. The molecule has 2 N–H and O–H groups in total. The van der Waals surface area contributed by atoms with Gasteiger partial charge in [0, 0.05) is 13.1 Å². The lowest BCUT2D eigenvalue weighted by atomic mass is 10.3. The molecule has 0 aliphatic carbocycles. The lowest BCUT2D eigenvalue weighted by Crippen LogP contribution is -2.19. The van der Waals surface area contributed by atoms with Crippen molar-refractivity contribution in [1.29, 1.82) is 0 Å². The number of carbonyl (C=O) groups is 1. The maximum absolute atomic E-state index is 12.0. The third kappa shape index (κ3) is 3.28. The van der Waals surface area contributed by atoms with Crippen LogP contribution in [0, 0.1) is 0 Å². The van der Waals surface area contributed by atoms with Crippen LogP contribution in [0.4, 0.5) is 20.7 Å². The Bertz CT molecular complexity index is 654. The van der Waals surface area contributed by atoms with Crippen molar-refractivity contribution in [2.45, 2.75) is 12.8 Å². The topological polar surface area (TPSA) is 79.4 Å². The van der Waals surface area contributed by atoms with Gasteiger partial charge in [-0.1, -0.05) is 23.5 Å². The van der Waals surface area contributed by atoms with Crippen LogP contribution in [0.15, 0.2) is 24.3 Å². The van der Waals surface area contributed by atoms with Gasteiger partial charge >= 0.3 is 6.03 Å². The number of rotatable bonds is 4. The number of carbonyl (C=O) groups excluding carboxylic acids is 1. The molecule has 1 aromatic heterocycles. The molecule has 2 amide bonds. The number of nitrogens with zero attached hydrogens (tertiary/aromatic N) is 3. The Balaban J connectivity index is 1.62. The van der Waals surface area contributed by atoms with Gasteiger partial charge in [-0.05, 0) is 25.0 Å². The Kier molecular flexibility index (Phi) is 4.38. The van der Waals surface area contributed by atoms with E-state index < -0.39 is 0 Å². The number of nitrogens with one attached hydrogen (secondary N) is 2. The zero-order chi connectivity index (χ0) is 15.4.